The molecule has 2 saturated carbocycles. The fraction of sp³-hybridized carbons (Fsp3) is 0.600. The maximum Gasteiger partial charge on any atom is 0.147 e. The highest BCUT2D eigenvalue weighted by molar-refractivity contribution is 5.33. The summed E-state index contributed by atoms with van der Waals surface area (Å²) in [6, 6.07) is 10.3. The van der Waals surface area contributed by atoms with Gasteiger partial charge in [0.2, 0.25) is 0 Å². The third-order valence-corrected chi connectivity index (χ3v) is 6.56. The fourth-order valence-electron chi connectivity index (χ4n) is 4.97. The Kier molecular flexibility index (Phi) is 8.07. The van der Waals surface area contributed by atoms with Crippen LogP contribution in [0.2, 0.25) is 0 Å². The summed E-state index contributed by atoms with van der Waals surface area (Å²) in [6.07, 6.45) is 7.23. The van der Waals surface area contributed by atoms with Crippen molar-refractivity contribution in [2.75, 3.05) is 20.5 Å². The van der Waals surface area contributed by atoms with Crippen LogP contribution in [0.5, 0.6) is 0 Å². The summed E-state index contributed by atoms with van der Waals surface area (Å²) in [5, 5.41) is 10.4. The molecule has 1 aromatic rings. The molecule has 1 aromatic carbocycles. The second-order valence-electron chi connectivity index (χ2n) is 8.51. The Labute approximate surface area is 175 Å². The number of aliphatic hydroxyl groups excluding tert-OH is 1. The number of ether oxygens (including phenoxy) is 3. The maximum absolute atomic E-state index is 10.4. The second kappa shape index (κ2) is 10.5. The minimum Gasteiger partial charge on any atom is -0.393 e. The Morgan fingerprint density at radius 3 is 2.76 bits per heavy atom. The van der Waals surface area contributed by atoms with Crippen molar-refractivity contribution in [2.45, 2.75) is 63.8 Å². The molecule has 2 aliphatic carbocycles. The quantitative estimate of drug-likeness (QED) is 0.378. The average Bonchev–Trinajstić information content (AvgIpc) is 2.72. The van der Waals surface area contributed by atoms with Crippen LogP contribution < -0.4 is 0 Å². The molecule has 0 unspecified atom stereocenters. The molecule has 2 aliphatic rings. The van der Waals surface area contributed by atoms with Gasteiger partial charge in [0.15, 0.2) is 0 Å². The molecular formula is C25H36O4. The zero-order chi connectivity index (χ0) is 20.7. The molecule has 0 radical (unpaired) electrons. The van der Waals surface area contributed by atoms with Crippen LogP contribution in [0.3, 0.4) is 0 Å². The van der Waals surface area contributed by atoms with E-state index in [0.29, 0.717) is 25.6 Å². The lowest BCUT2D eigenvalue weighted by atomic mass is 9.61. The highest BCUT2D eigenvalue weighted by atomic mass is 16.7. The number of methoxy groups -OCH3 is 1. The van der Waals surface area contributed by atoms with E-state index >= 15 is 0 Å². The topological polar surface area (TPSA) is 47.9 Å². The molecule has 160 valence electrons. The fourth-order valence-corrected chi connectivity index (χ4v) is 4.97. The van der Waals surface area contributed by atoms with Crippen molar-refractivity contribution in [2.24, 2.45) is 11.8 Å². The largest absolute Gasteiger partial charge is 0.393 e. The van der Waals surface area contributed by atoms with E-state index in [2.05, 4.69) is 31.7 Å². The third kappa shape index (κ3) is 5.37. The molecule has 4 heteroatoms. The summed E-state index contributed by atoms with van der Waals surface area (Å²) in [4.78, 5) is 0. The van der Waals surface area contributed by atoms with Crippen molar-refractivity contribution in [3.8, 4) is 0 Å². The molecule has 0 aromatic heterocycles. The Morgan fingerprint density at radius 1 is 1.21 bits per heavy atom. The summed E-state index contributed by atoms with van der Waals surface area (Å²) in [5.74, 6) is 0.649. The van der Waals surface area contributed by atoms with Gasteiger partial charge in [-0.2, -0.15) is 0 Å². The SMILES string of the molecule is C=C1C[C@H](O)CC[C@]2(OCOC)/C(=C\CCOCc3ccccc3)[C@H]1CC[C@H]2C. The van der Waals surface area contributed by atoms with Gasteiger partial charge < -0.3 is 19.3 Å². The van der Waals surface area contributed by atoms with E-state index in [0.717, 1.165) is 37.7 Å². The van der Waals surface area contributed by atoms with Crippen LogP contribution in [0.1, 0.15) is 51.0 Å². The van der Waals surface area contributed by atoms with E-state index in [1.165, 1.54) is 11.1 Å². The van der Waals surface area contributed by atoms with Crippen LogP contribution in [0.4, 0.5) is 0 Å². The second-order valence-corrected chi connectivity index (χ2v) is 8.51. The van der Waals surface area contributed by atoms with Crippen LogP contribution in [0, 0.1) is 11.8 Å². The van der Waals surface area contributed by atoms with Crippen LogP contribution in [-0.2, 0) is 20.8 Å². The van der Waals surface area contributed by atoms with E-state index in [4.69, 9.17) is 14.2 Å². The normalized spacial score (nSPS) is 31.5. The van der Waals surface area contributed by atoms with Gasteiger partial charge in [-0.25, -0.2) is 0 Å². The number of rotatable bonds is 8. The Hall–Kier alpha value is -1.46. The molecule has 0 saturated heterocycles. The molecule has 0 amide bonds. The molecule has 4 atom stereocenters. The summed E-state index contributed by atoms with van der Waals surface area (Å²) < 4.78 is 17.6. The van der Waals surface area contributed by atoms with Gasteiger partial charge in [0.25, 0.3) is 0 Å². The van der Waals surface area contributed by atoms with E-state index in [1.807, 2.05) is 18.2 Å². The minimum atomic E-state index is -0.386. The molecule has 4 nitrogen and oxygen atoms in total. The van der Waals surface area contributed by atoms with Gasteiger partial charge in [0.05, 0.1) is 24.9 Å². The lowest BCUT2D eigenvalue weighted by Crippen LogP contribution is -2.49. The van der Waals surface area contributed by atoms with Crippen molar-refractivity contribution in [1.29, 1.82) is 0 Å². The predicted molar refractivity (Wildman–Crippen MR) is 115 cm³/mol. The number of hydrogen-bond donors (Lipinski definition) is 1. The maximum atomic E-state index is 10.4. The first-order valence-corrected chi connectivity index (χ1v) is 10.9. The zero-order valence-electron chi connectivity index (χ0n) is 17.9. The van der Waals surface area contributed by atoms with E-state index in [1.54, 1.807) is 7.11 Å². The molecular weight excluding hydrogens is 364 g/mol. The standard InChI is InChI=1S/C25H36O4/c1-19-16-22(26)13-14-25(29-18-27-3)20(2)11-12-23(19)24(25)10-7-15-28-17-21-8-5-4-6-9-21/h4-6,8-10,20,22-23,26H,1,7,11-18H2,2-3H3/b24-10-/t20-,22-,23+,25-/m1/s1. The van der Waals surface area contributed by atoms with E-state index in [9.17, 15) is 5.11 Å². The number of aliphatic hydroxyl groups is 1. The molecule has 0 spiro atoms. The number of fused-ring (bicyclic) bond motifs is 2. The number of benzene rings is 1. The van der Waals surface area contributed by atoms with Gasteiger partial charge >= 0.3 is 0 Å². The number of hydrogen-bond acceptors (Lipinski definition) is 4. The summed E-state index contributed by atoms with van der Waals surface area (Å²) in [7, 11) is 1.67. The van der Waals surface area contributed by atoms with Crippen molar-refractivity contribution in [3.05, 3.63) is 59.7 Å². The molecule has 29 heavy (non-hydrogen) atoms. The molecule has 2 bridgehead atoms. The van der Waals surface area contributed by atoms with Gasteiger partial charge in [0.1, 0.15) is 6.79 Å². The molecule has 0 heterocycles. The van der Waals surface area contributed by atoms with Crippen molar-refractivity contribution in [3.63, 3.8) is 0 Å². The monoisotopic (exact) mass is 400 g/mol. The Bertz CT molecular complexity index is 683. The van der Waals surface area contributed by atoms with Crippen molar-refractivity contribution < 1.29 is 19.3 Å². The average molecular weight is 401 g/mol. The van der Waals surface area contributed by atoms with Gasteiger partial charge in [-0.05, 0) is 55.6 Å². The van der Waals surface area contributed by atoms with E-state index < -0.39 is 0 Å². The highest BCUT2D eigenvalue weighted by Crippen LogP contribution is 2.51. The van der Waals surface area contributed by atoms with Crippen molar-refractivity contribution in [1.82, 2.24) is 0 Å². The highest BCUT2D eigenvalue weighted by Gasteiger charge is 2.48. The van der Waals surface area contributed by atoms with Crippen LogP contribution in [0.15, 0.2) is 54.1 Å². The zero-order valence-corrected chi connectivity index (χ0v) is 17.9. The molecule has 2 fully saturated rings. The van der Waals surface area contributed by atoms with Gasteiger partial charge in [-0.15, -0.1) is 0 Å². The van der Waals surface area contributed by atoms with Crippen molar-refractivity contribution >= 4 is 0 Å². The first kappa shape index (κ1) is 22.2. The van der Waals surface area contributed by atoms with Gasteiger partial charge in [0, 0.05) is 13.0 Å². The first-order chi connectivity index (χ1) is 14.1. The summed E-state index contributed by atoms with van der Waals surface area (Å²) in [6.45, 7) is 8.18. The molecule has 1 N–H and O–H groups in total. The first-order valence-electron chi connectivity index (χ1n) is 10.9. The van der Waals surface area contributed by atoms with Crippen LogP contribution in [0.25, 0.3) is 0 Å². The van der Waals surface area contributed by atoms with Gasteiger partial charge in [-0.1, -0.05) is 55.5 Å². The molecule has 3 rings (SSSR count). The third-order valence-electron chi connectivity index (χ3n) is 6.56. The lowest BCUT2D eigenvalue weighted by Gasteiger charge is -2.50. The summed E-state index contributed by atoms with van der Waals surface area (Å²) >= 11 is 0. The van der Waals surface area contributed by atoms with Gasteiger partial charge in [-0.3, -0.25) is 0 Å². The van der Waals surface area contributed by atoms with Crippen LogP contribution in [-0.4, -0.2) is 37.3 Å². The van der Waals surface area contributed by atoms with Crippen LogP contribution >= 0.6 is 0 Å². The predicted octanol–water partition coefficient (Wildman–Crippen LogP) is 5.03. The Balaban J connectivity index is 1.75. The van der Waals surface area contributed by atoms with E-state index in [-0.39, 0.29) is 24.4 Å². The minimum absolute atomic E-state index is 0.265. The molecule has 0 aliphatic heterocycles. The summed E-state index contributed by atoms with van der Waals surface area (Å²) in [5.41, 5.74) is 3.27. The Morgan fingerprint density at radius 2 is 2.00 bits per heavy atom. The lowest BCUT2D eigenvalue weighted by molar-refractivity contribution is -0.154. The smallest absolute Gasteiger partial charge is 0.147 e.